The minimum absolute atomic E-state index is 0.234. The summed E-state index contributed by atoms with van der Waals surface area (Å²) in [7, 11) is 0. The van der Waals surface area contributed by atoms with E-state index in [1.165, 1.54) is 6.26 Å². The van der Waals surface area contributed by atoms with Crippen LogP contribution in [0.5, 0.6) is 0 Å². The second-order valence-electron chi connectivity index (χ2n) is 6.65. The van der Waals surface area contributed by atoms with Crippen molar-refractivity contribution in [3.05, 3.63) is 77.0 Å². The number of aromatic nitrogens is 4. The van der Waals surface area contributed by atoms with Gasteiger partial charge in [0.2, 0.25) is 0 Å². The monoisotopic (exact) mass is 409 g/mol. The Bertz CT molecular complexity index is 1090. The molecule has 1 aromatic carbocycles. The first-order valence-corrected chi connectivity index (χ1v) is 9.82. The Labute approximate surface area is 172 Å². The first-order valence-electron chi connectivity index (χ1n) is 9.44. The van der Waals surface area contributed by atoms with Gasteiger partial charge in [-0.05, 0) is 37.1 Å². The molecule has 29 heavy (non-hydrogen) atoms. The normalized spacial score (nSPS) is 11.1. The maximum absolute atomic E-state index is 12.2. The van der Waals surface area contributed by atoms with Crippen molar-refractivity contribution in [3.8, 4) is 0 Å². The number of aryl methyl sites for hydroxylation is 2. The molecule has 0 unspecified atom stereocenters. The van der Waals surface area contributed by atoms with E-state index in [1.54, 1.807) is 18.3 Å². The molecule has 0 saturated heterocycles. The van der Waals surface area contributed by atoms with E-state index in [0.717, 1.165) is 36.1 Å². The molecule has 2 N–H and O–H groups in total. The van der Waals surface area contributed by atoms with Crippen molar-refractivity contribution in [1.29, 1.82) is 0 Å². The number of nitrogens with one attached hydrogen (secondary N) is 2. The van der Waals surface area contributed by atoms with Crippen LogP contribution in [0.15, 0.2) is 53.3 Å². The Morgan fingerprint density at radius 1 is 1.10 bits per heavy atom. The zero-order valence-corrected chi connectivity index (χ0v) is 16.4. The molecule has 148 valence electrons. The second-order valence-corrected chi connectivity index (χ2v) is 7.06. The van der Waals surface area contributed by atoms with Gasteiger partial charge in [-0.25, -0.2) is 9.97 Å². The lowest BCUT2D eigenvalue weighted by atomic mass is 10.2. The van der Waals surface area contributed by atoms with E-state index in [1.807, 2.05) is 24.3 Å². The van der Waals surface area contributed by atoms with Gasteiger partial charge in [-0.1, -0.05) is 23.7 Å². The topological polar surface area (TPSA) is 96.7 Å². The SMILES string of the molecule is O=C(NCc1ncccc1Cl)c1coc(CCCCc2nc3ccccc3[nH]2)n1. The van der Waals surface area contributed by atoms with Crippen LogP contribution in [0.25, 0.3) is 11.0 Å². The summed E-state index contributed by atoms with van der Waals surface area (Å²) >= 11 is 6.04. The smallest absolute Gasteiger partial charge is 0.273 e. The lowest BCUT2D eigenvalue weighted by Gasteiger charge is -2.03. The molecule has 0 atom stereocenters. The maximum atomic E-state index is 12.2. The molecule has 0 radical (unpaired) electrons. The van der Waals surface area contributed by atoms with Gasteiger partial charge >= 0.3 is 0 Å². The van der Waals surface area contributed by atoms with Gasteiger partial charge in [-0.2, -0.15) is 0 Å². The predicted molar refractivity (Wildman–Crippen MR) is 110 cm³/mol. The molecular formula is C21H20ClN5O2. The fourth-order valence-electron chi connectivity index (χ4n) is 3.03. The van der Waals surface area contributed by atoms with Gasteiger partial charge in [0, 0.05) is 19.0 Å². The highest BCUT2D eigenvalue weighted by molar-refractivity contribution is 6.31. The minimum atomic E-state index is -0.316. The molecule has 0 aliphatic heterocycles. The molecule has 1 amide bonds. The van der Waals surface area contributed by atoms with Gasteiger partial charge in [-0.15, -0.1) is 0 Å². The highest BCUT2D eigenvalue weighted by Crippen LogP contribution is 2.14. The molecule has 0 aliphatic rings. The highest BCUT2D eigenvalue weighted by Gasteiger charge is 2.13. The Balaban J connectivity index is 1.23. The number of carbonyl (C=O) groups is 1. The largest absolute Gasteiger partial charge is 0.448 e. The number of hydrogen-bond acceptors (Lipinski definition) is 5. The number of nitrogens with zero attached hydrogens (tertiary/aromatic N) is 3. The lowest BCUT2D eigenvalue weighted by molar-refractivity contribution is 0.0945. The molecule has 3 heterocycles. The van der Waals surface area contributed by atoms with Crippen molar-refractivity contribution < 1.29 is 9.21 Å². The number of pyridine rings is 1. The summed E-state index contributed by atoms with van der Waals surface area (Å²) in [5.41, 5.74) is 2.90. The molecule has 8 heteroatoms. The van der Waals surface area contributed by atoms with Crippen LogP contribution in [-0.2, 0) is 19.4 Å². The van der Waals surface area contributed by atoms with E-state index in [2.05, 4.69) is 25.3 Å². The number of imidazole rings is 1. The van der Waals surface area contributed by atoms with Gasteiger partial charge < -0.3 is 14.7 Å². The van der Waals surface area contributed by atoms with Crippen molar-refractivity contribution >= 4 is 28.5 Å². The Kier molecular flexibility index (Phi) is 5.86. The summed E-state index contributed by atoms with van der Waals surface area (Å²) < 4.78 is 5.42. The van der Waals surface area contributed by atoms with E-state index in [9.17, 15) is 4.79 Å². The van der Waals surface area contributed by atoms with Crippen molar-refractivity contribution in [3.63, 3.8) is 0 Å². The zero-order valence-electron chi connectivity index (χ0n) is 15.7. The third kappa shape index (κ3) is 4.81. The summed E-state index contributed by atoms with van der Waals surface area (Å²) in [5.74, 6) is 1.21. The van der Waals surface area contributed by atoms with E-state index in [-0.39, 0.29) is 18.1 Å². The molecule has 7 nitrogen and oxygen atoms in total. The van der Waals surface area contributed by atoms with E-state index < -0.39 is 0 Å². The summed E-state index contributed by atoms with van der Waals surface area (Å²) in [4.78, 5) is 28.5. The molecule has 4 rings (SSSR count). The van der Waals surface area contributed by atoms with Crippen LogP contribution in [0.4, 0.5) is 0 Å². The number of H-pyrrole nitrogens is 1. The first-order chi connectivity index (χ1) is 14.2. The molecule has 0 bridgehead atoms. The number of aromatic amines is 1. The number of carbonyl (C=O) groups excluding carboxylic acids is 1. The number of oxazole rings is 1. The number of rotatable bonds is 8. The average Bonchev–Trinajstić information content (AvgIpc) is 3.37. The average molecular weight is 410 g/mol. The first kappa shape index (κ1) is 19.1. The number of halogens is 1. The molecule has 0 fully saturated rings. The van der Waals surface area contributed by atoms with Crippen molar-refractivity contribution in [1.82, 2.24) is 25.3 Å². The number of amides is 1. The van der Waals surface area contributed by atoms with Crippen LogP contribution in [0, 0.1) is 0 Å². The van der Waals surface area contributed by atoms with Crippen LogP contribution >= 0.6 is 11.6 Å². The van der Waals surface area contributed by atoms with Gasteiger partial charge in [0.05, 0.1) is 28.3 Å². The predicted octanol–water partition coefficient (Wildman–Crippen LogP) is 4.09. The Morgan fingerprint density at radius 3 is 2.83 bits per heavy atom. The maximum Gasteiger partial charge on any atom is 0.273 e. The van der Waals surface area contributed by atoms with Gasteiger partial charge in [0.25, 0.3) is 5.91 Å². The van der Waals surface area contributed by atoms with Crippen LogP contribution in [0.2, 0.25) is 5.02 Å². The van der Waals surface area contributed by atoms with E-state index in [4.69, 9.17) is 16.0 Å². The fraction of sp³-hybridized carbons (Fsp3) is 0.238. The standard InChI is InChI=1S/C21H20ClN5O2/c22-14-6-5-11-23-17(14)12-24-21(28)18-13-29-20(27-18)10-4-3-9-19-25-15-7-1-2-8-16(15)26-19/h1-2,5-8,11,13H,3-4,9-10,12H2,(H,24,28)(H,25,26). The molecule has 0 saturated carbocycles. The van der Waals surface area contributed by atoms with E-state index >= 15 is 0 Å². The van der Waals surface area contributed by atoms with Gasteiger partial charge in [0.15, 0.2) is 11.6 Å². The summed E-state index contributed by atoms with van der Waals surface area (Å²) in [6, 6.07) is 11.5. The van der Waals surface area contributed by atoms with Crippen molar-refractivity contribution in [2.24, 2.45) is 0 Å². The molecule has 0 spiro atoms. The quantitative estimate of drug-likeness (QED) is 0.427. The van der Waals surface area contributed by atoms with Crippen LogP contribution in [0.3, 0.4) is 0 Å². The van der Waals surface area contributed by atoms with Crippen LogP contribution in [0.1, 0.15) is 40.7 Å². The summed E-state index contributed by atoms with van der Waals surface area (Å²) in [6.07, 6.45) is 6.37. The third-order valence-electron chi connectivity index (χ3n) is 4.53. The number of unbranched alkanes of at least 4 members (excludes halogenated alkanes) is 1. The van der Waals surface area contributed by atoms with Gasteiger partial charge in [0.1, 0.15) is 12.1 Å². The number of fused-ring (bicyclic) bond motifs is 1. The summed E-state index contributed by atoms with van der Waals surface area (Å²) in [5, 5.41) is 3.26. The molecular weight excluding hydrogens is 390 g/mol. The number of hydrogen-bond donors (Lipinski definition) is 2. The molecule has 0 aliphatic carbocycles. The molecule has 4 aromatic rings. The third-order valence-corrected chi connectivity index (χ3v) is 4.87. The molecule has 3 aromatic heterocycles. The van der Waals surface area contributed by atoms with Gasteiger partial charge in [-0.3, -0.25) is 9.78 Å². The summed E-state index contributed by atoms with van der Waals surface area (Å²) in [6.45, 7) is 0.234. The second kappa shape index (κ2) is 8.87. The minimum Gasteiger partial charge on any atom is -0.448 e. The van der Waals surface area contributed by atoms with Crippen LogP contribution in [-0.4, -0.2) is 25.8 Å². The Morgan fingerprint density at radius 2 is 1.97 bits per heavy atom. The van der Waals surface area contributed by atoms with Crippen molar-refractivity contribution in [2.75, 3.05) is 0 Å². The Hall–Kier alpha value is -3.19. The lowest BCUT2D eigenvalue weighted by Crippen LogP contribution is -2.23. The fourth-order valence-corrected chi connectivity index (χ4v) is 3.21. The van der Waals surface area contributed by atoms with E-state index in [0.29, 0.717) is 23.0 Å². The zero-order chi connectivity index (χ0) is 20.1. The highest BCUT2D eigenvalue weighted by atomic mass is 35.5. The van der Waals surface area contributed by atoms with Crippen molar-refractivity contribution in [2.45, 2.75) is 32.2 Å². The number of benzene rings is 1. The number of para-hydroxylation sites is 2. The van der Waals surface area contributed by atoms with Crippen LogP contribution < -0.4 is 5.32 Å².